The van der Waals surface area contributed by atoms with Crippen molar-refractivity contribution in [3.05, 3.63) is 11.6 Å². The van der Waals surface area contributed by atoms with E-state index in [1.54, 1.807) is 0 Å². The normalized spacial score (nSPS) is 30.7. The minimum Gasteiger partial charge on any atom is -0.377 e. The number of ether oxygens (including phenoxy) is 1. The van der Waals surface area contributed by atoms with Crippen molar-refractivity contribution in [3.8, 4) is 0 Å². The number of nitrogens with one attached hydrogen (secondary N) is 1. The third-order valence-electron chi connectivity index (χ3n) is 3.02. The molecule has 0 spiro atoms. The van der Waals surface area contributed by atoms with E-state index < -0.39 is 0 Å². The van der Waals surface area contributed by atoms with E-state index in [1.807, 2.05) is 11.8 Å². The lowest BCUT2D eigenvalue weighted by molar-refractivity contribution is 0.148. The fourth-order valence-electron chi connectivity index (χ4n) is 1.79. The van der Waals surface area contributed by atoms with Crippen LogP contribution in [0.25, 0.3) is 0 Å². The number of hydrogen-bond donors (Lipinski definition) is 1. The smallest absolute Gasteiger partial charge is 0.0689 e. The van der Waals surface area contributed by atoms with Crippen LogP contribution in [0.2, 0.25) is 0 Å². The zero-order valence-electron chi connectivity index (χ0n) is 9.01. The first-order valence-electron chi connectivity index (χ1n) is 5.31. The lowest BCUT2D eigenvalue weighted by atomic mass is 10.0. The van der Waals surface area contributed by atoms with Crippen LogP contribution in [-0.2, 0) is 4.74 Å². The quantitative estimate of drug-likeness (QED) is 0.723. The van der Waals surface area contributed by atoms with Crippen molar-refractivity contribution in [3.63, 3.8) is 0 Å². The molecule has 2 aliphatic heterocycles. The maximum absolute atomic E-state index is 5.40. The summed E-state index contributed by atoms with van der Waals surface area (Å²) in [5.41, 5.74) is 1.42. The van der Waals surface area contributed by atoms with Crippen molar-refractivity contribution in [2.45, 2.75) is 31.1 Å². The third kappa shape index (κ3) is 2.33. The van der Waals surface area contributed by atoms with E-state index in [0.29, 0.717) is 10.8 Å². The van der Waals surface area contributed by atoms with E-state index in [1.165, 1.54) is 11.3 Å². The summed E-state index contributed by atoms with van der Waals surface area (Å²) in [6.07, 6.45) is 3.40. The van der Waals surface area contributed by atoms with E-state index in [0.717, 1.165) is 26.2 Å². The van der Waals surface area contributed by atoms with Crippen molar-refractivity contribution in [2.75, 3.05) is 25.5 Å². The highest BCUT2D eigenvalue weighted by molar-refractivity contribution is 8.02. The first-order chi connectivity index (χ1) is 6.68. The first kappa shape index (κ1) is 10.5. The molecule has 0 radical (unpaired) electrons. The second-order valence-corrected chi connectivity index (χ2v) is 6.23. The van der Waals surface area contributed by atoms with Gasteiger partial charge in [0.1, 0.15) is 0 Å². The van der Waals surface area contributed by atoms with Crippen LogP contribution in [0, 0.1) is 0 Å². The molecule has 14 heavy (non-hydrogen) atoms. The summed E-state index contributed by atoms with van der Waals surface area (Å²) in [4.78, 5) is 0. The van der Waals surface area contributed by atoms with Crippen molar-refractivity contribution >= 4 is 11.8 Å². The van der Waals surface area contributed by atoms with Crippen molar-refractivity contribution in [2.24, 2.45) is 0 Å². The number of hydrogen-bond acceptors (Lipinski definition) is 3. The van der Waals surface area contributed by atoms with Gasteiger partial charge in [-0.1, -0.05) is 6.08 Å². The molecule has 1 fully saturated rings. The fraction of sp³-hybridized carbons (Fsp3) is 0.818. The van der Waals surface area contributed by atoms with E-state index in [-0.39, 0.29) is 0 Å². The summed E-state index contributed by atoms with van der Waals surface area (Å²) in [6.45, 7) is 7.35. The van der Waals surface area contributed by atoms with Gasteiger partial charge in [0.15, 0.2) is 0 Å². The van der Waals surface area contributed by atoms with Crippen LogP contribution < -0.4 is 5.32 Å². The van der Waals surface area contributed by atoms with E-state index >= 15 is 0 Å². The molecule has 0 bridgehead atoms. The van der Waals surface area contributed by atoms with Crippen LogP contribution in [0.4, 0.5) is 0 Å². The second-order valence-electron chi connectivity index (χ2n) is 4.55. The molecular weight excluding hydrogens is 194 g/mol. The van der Waals surface area contributed by atoms with Gasteiger partial charge in [-0.25, -0.2) is 0 Å². The average molecular weight is 213 g/mol. The standard InChI is InChI=1S/C11H19NOS/c1-11(2)10(8-14-11)12-6-9-4-3-5-13-7-9/h4,10,12H,3,5-8H2,1-2H3. The van der Waals surface area contributed by atoms with E-state index in [2.05, 4.69) is 25.2 Å². The van der Waals surface area contributed by atoms with E-state index in [9.17, 15) is 0 Å². The molecule has 0 amide bonds. The molecule has 2 aliphatic rings. The lowest BCUT2D eigenvalue weighted by Crippen LogP contribution is -2.55. The Labute approximate surface area is 90.5 Å². The maximum atomic E-state index is 5.40. The Morgan fingerprint density at radius 3 is 3.00 bits per heavy atom. The summed E-state index contributed by atoms with van der Waals surface area (Å²) >= 11 is 2.04. The maximum Gasteiger partial charge on any atom is 0.0689 e. The van der Waals surface area contributed by atoms with Gasteiger partial charge >= 0.3 is 0 Å². The molecule has 0 aromatic carbocycles. The molecule has 1 unspecified atom stereocenters. The minimum atomic E-state index is 0.427. The fourth-order valence-corrected chi connectivity index (χ4v) is 2.99. The summed E-state index contributed by atoms with van der Waals surface area (Å²) in [7, 11) is 0. The minimum absolute atomic E-state index is 0.427. The number of rotatable bonds is 3. The van der Waals surface area contributed by atoms with Gasteiger partial charge in [0.2, 0.25) is 0 Å². The molecule has 0 aromatic rings. The summed E-state index contributed by atoms with van der Waals surface area (Å²) in [6, 6.07) is 0.676. The molecule has 0 aliphatic carbocycles. The highest BCUT2D eigenvalue weighted by Gasteiger charge is 2.38. The number of thioether (sulfide) groups is 1. The summed E-state index contributed by atoms with van der Waals surface area (Å²) < 4.78 is 5.83. The zero-order chi connectivity index (χ0) is 10.0. The monoisotopic (exact) mass is 213 g/mol. The highest BCUT2D eigenvalue weighted by Crippen LogP contribution is 2.39. The van der Waals surface area contributed by atoms with Gasteiger partial charge in [0, 0.05) is 23.1 Å². The SMILES string of the molecule is CC1(C)SCC1NCC1=CCCOC1. The van der Waals surface area contributed by atoms with Gasteiger partial charge in [-0.3, -0.25) is 0 Å². The van der Waals surface area contributed by atoms with E-state index in [4.69, 9.17) is 4.74 Å². The van der Waals surface area contributed by atoms with Gasteiger partial charge in [-0.2, -0.15) is 11.8 Å². The largest absolute Gasteiger partial charge is 0.377 e. The van der Waals surface area contributed by atoms with Crippen molar-refractivity contribution in [1.82, 2.24) is 5.32 Å². The van der Waals surface area contributed by atoms with Crippen LogP contribution in [0.15, 0.2) is 11.6 Å². The molecule has 0 saturated carbocycles. The Kier molecular flexibility index (Phi) is 3.20. The van der Waals surface area contributed by atoms with Gasteiger partial charge in [0.25, 0.3) is 0 Å². The molecule has 1 N–H and O–H groups in total. The Bertz CT molecular complexity index is 237. The van der Waals surface area contributed by atoms with Crippen molar-refractivity contribution < 1.29 is 4.74 Å². The Hall–Kier alpha value is 0.01000. The topological polar surface area (TPSA) is 21.3 Å². The van der Waals surface area contributed by atoms with Crippen LogP contribution in [0.5, 0.6) is 0 Å². The molecule has 1 atom stereocenters. The summed E-state index contributed by atoms with van der Waals surface area (Å²) in [5.74, 6) is 1.25. The molecule has 0 aromatic heterocycles. The molecular formula is C11H19NOS. The zero-order valence-corrected chi connectivity index (χ0v) is 9.82. The molecule has 2 heterocycles. The van der Waals surface area contributed by atoms with Crippen LogP contribution >= 0.6 is 11.8 Å². The first-order valence-corrected chi connectivity index (χ1v) is 6.30. The van der Waals surface area contributed by atoms with Gasteiger partial charge in [0.05, 0.1) is 13.2 Å². The average Bonchev–Trinajstić information content (AvgIpc) is 2.18. The predicted molar refractivity (Wildman–Crippen MR) is 61.8 cm³/mol. The molecule has 1 saturated heterocycles. The Morgan fingerprint density at radius 2 is 2.50 bits per heavy atom. The third-order valence-corrected chi connectivity index (χ3v) is 4.55. The molecule has 2 rings (SSSR count). The van der Waals surface area contributed by atoms with Gasteiger partial charge < -0.3 is 10.1 Å². The molecule has 3 heteroatoms. The highest BCUT2D eigenvalue weighted by atomic mass is 32.2. The molecule has 80 valence electrons. The van der Waals surface area contributed by atoms with Crippen LogP contribution in [0.3, 0.4) is 0 Å². The van der Waals surface area contributed by atoms with Gasteiger partial charge in [-0.05, 0) is 25.8 Å². The Balaban J connectivity index is 1.74. The predicted octanol–water partition coefficient (Wildman–Crippen LogP) is 1.82. The van der Waals surface area contributed by atoms with Crippen molar-refractivity contribution in [1.29, 1.82) is 0 Å². The van der Waals surface area contributed by atoms with Gasteiger partial charge in [-0.15, -0.1) is 0 Å². The lowest BCUT2D eigenvalue weighted by Gasteiger charge is -2.44. The van der Waals surface area contributed by atoms with Crippen LogP contribution in [0.1, 0.15) is 20.3 Å². The molecule has 2 nitrogen and oxygen atoms in total. The second kappa shape index (κ2) is 4.25. The summed E-state index contributed by atoms with van der Waals surface area (Å²) in [5, 5.41) is 3.61. The van der Waals surface area contributed by atoms with Crippen LogP contribution in [-0.4, -0.2) is 36.3 Å². The Morgan fingerprint density at radius 1 is 1.64 bits per heavy atom.